The summed E-state index contributed by atoms with van der Waals surface area (Å²) < 4.78 is 35.1. The van der Waals surface area contributed by atoms with Gasteiger partial charge in [-0.15, -0.1) is 0 Å². The zero-order chi connectivity index (χ0) is 36.8. The number of alkyl carbamates (subject to hydrolysis) is 3. The lowest BCUT2D eigenvalue weighted by Crippen LogP contribution is -2.61. The first-order valence-corrected chi connectivity index (χ1v) is 14.4. The van der Waals surface area contributed by atoms with Gasteiger partial charge in [0.25, 0.3) is 0 Å². The second-order valence-electron chi connectivity index (χ2n) is 11.9. The number of hydrogen-bond donors (Lipinski definition) is 6. The summed E-state index contributed by atoms with van der Waals surface area (Å²) in [4.78, 5) is 77.7. The first-order valence-electron chi connectivity index (χ1n) is 14.4. The van der Waals surface area contributed by atoms with Gasteiger partial charge in [0.15, 0.2) is 6.10 Å². The molecule has 5 atom stereocenters. The van der Waals surface area contributed by atoms with Gasteiger partial charge in [0.1, 0.15) is 12.2 Å². The largest absolute Gasteiger partial charge is 0.478 e. The lowest BCUT2D eigenvalue weighted by atomic mass is 9.92. The van der Waals surface area contributed by atoms with Crippen molar-refractivity contribution in [1.29, 1.82) is 0 Å². The molecule has 0 fully saturated rings. The van der Waals surface area contributed by atoms with Crippen LogP contribution in [0.15, 0.2) is 16.8 Å². The number of carboxylic acids is 1. The van der Waals surface area contributed by atoms with Gasteiger partial charge in [-0.2, -0.15) is 0 Å². The third kappa shape index (κ3) is 13.6. The minimum atomic E-state index is -1.65. The van der Waals surface area contributed by atoms with E-state index >= 15 is 0 Å². The molecule has 20 nitrogen and oxygen atoms in total. The average Bonchev–Trinajstić information content (AvgIpc) is 2.98. The molecule has 0 saturated heterocycles. The fourth-order valence-electron chi connectivity index (χ4n) is 3.52. The Morgan fingerprint density at radius 1 is 0.896 bits per heavy atom. The number of nitrogens with zero attached hydrogens (tertiary/aromatic N) is 1. The smallest absolute Gasteiger partial charge is 0.416 e. The van der Waals surface area contributed by atoms with Crippen LogP contribution in [0.2, 0.25) is 0 Å². The molecule has 1 aliphatic rings. The predicted octanol–water partition coefficient (Wildman–Crippen LogP) is 0.107. The van der Waals surface area contributed by atoms with Crippen LogP contribution < -0.4 is 16.0 Å². The van der Waals surface area contributed by atoms with Crippen molar-refractivity contribution in [3.8, 4) is 0 Å². The van der Waals surface area contributed by atoms with Crippen molar-refractivity contribution in [2.24, 2.45) is 15.8 Å². The lowest BCUT2D eigenvalue weighted by Gasteiger charge is -2.40. The SMILES string of the molecule is CCOC([C@H](O)CO)[C@H]1OC(C(=O)O)=C[C@@H](N=C(NC(=O)OCOC(=O)C(C)(C)C)NC(=O)OCOC(=O)C(C)(C)C)[C@H]1NC(=O)OC. The summed E-state index contributed by atoms with van der Waals surface area (Å²) in [5, 5.41) is 36.3. The number of guanidine groups is 1. The van der Waals surface area contributed by atoms with Gasteiger partial charge < -0.3 is 53.8 Å². The predicted molar refractivity (Wildman–Crippen MR) is 160 cm³/mol. The minimum Gasteiger partial charge on any atom is -0.478 e. The van der Waals surface area contributed by atoms with Crippen LogP contribution in [0.4, 0.5) is 14.4 Å². The highest BCUT2D eigenvalue weighted by atomic mass is 16.7. The molecule has 0 aromatic carbocycles. The van der Waals surface area contributed by atoms with E-state index in [0.717, 1.165) is 13.2 Å². The fraction of sp³-hybridized carbons (Fsp3) is 0.679. The van der Waals surface area contributed by atoms with E-state index in [1.54, 1.807) is 41.5 Å². The number of carbonyl (C=O) groups is 6. The van der Waals surface area contributed by atoms with Crippen molar-refractivity contribution in [2.75, 3.05) is 33.9 Å². The molecule has 6 N–H and O–H groups in total. The van der Waals surface area contributed by atoms with Crippen LogP contribution in [0, 0.1) is 10.8 Å². The molecule has 1 unspecified atom stereocenters. The monoisotopic (exact) mass is 692 g/mol. The highest BCUT2D eigenvalue weighted by molar-refractivity contribution is 6.01. The summed E-state index contributed by atoms with van der Waals surface area (Å²) in [7, 11) is 1.02. The van der Waals surface area contributed by atoms with E-state index in [2.05, 4.69) is 25.7 Å². The Hall–Kier alpha value is -4.69. The lowest BCUT2D eigenvalue weighted by molar-refractivity contribution is -0.162. The molecule has 272 valence electrons. The van der Waals surface area contributed by atoms with E-state index in [1.165, 1.54) is 6.92 Å². The van der Waals surface area contributed by atoms with E-state index in [9.17, 15) is 44.1 Å². The molecule has 0 bridgehead atoms. The van der Waals surface area contributed by atoms with Gasteiger partial charge in [-0.3, -0.25) is 20.2 Å². The number of carbonyl (C=O) groups excluding carboxylic acids is 5. The molecule has 0 aromatic heterocycles. The molecular weight excluding hydrogens is 648 g/mol. The normalized spacial score (nSPS) is 18.7. The number of nitrogens with one attached hydrogen (secondary N) is 3. The minimum absolute atomic E-state index is 0.0573. The highest BCUT2D eigenvalue weighted by Gasteiger charge is 2.45. The number of ether oxygens (including phenoxy) is 7. The maximum absolute atomic E-state index is 12.6. The average molecular weight is 693 g/mol. The van der Waals surface area contributed by atoms with E-state index in [1.807, 2.05) is 0 Å². The van der Waals surface area contributed by atoms with E-state index < -0.39 is 109 Å². The second kappa shape index (κ2) is 18.6. The molecule has 0 radical (unpaired) electrons. The first kappa shape index (κ1) is 41.3. The van der Waals surface area contributed by atoms with Gasteiger partial charge in [-0.05, 0) is 54.5 Å². The summed E-state index contributed by atoms with van der Waals surface area (Å²) in [5.74, 6) is -4.55. The molecule has 0 spiro atoms. The number of esters is 2. The molecule has 1 heterocycles. The Morgan fingerprint density at radius 3 is 1.79 bits per heavy atom. The summed E-state index contributed by atoms with van der Waals surface area (Å²) in [5.41, 5.74) is -1.85. The van der Waals surface area contributed by atoms with E-state index in [0.29, 0.717) is 0 Å². The Morgan fingerprint density at radius 2 is 1.40 bits per heavy atom. The molecule has 1 aliphatic heterocycles. The van der Waals surface area contributed by atoms with Crippen LogP contribution in [0.5, 0.6) is 0 Å². The number of rotatable bonds is 12. The quantitative estimate of drug-likeness (QED) is 0.0520. The molecule has 1 rings (SSSR count). The van der Waals surface area contributed by atoms with E-state index in [4.69, 9.17) is 28.4 Å². The zero-order valence-electron chi connectivity index (χ0n) is 27.9. The van der Waals surface area contributed by atoms with Crippen LogP contribution in [-0.4, -0.2) is 122 Å². The summed E-state index contributed by atoms with van der Waals surface area (Å²) in [6.07, 6.45) is -7.52. The number of carboxylic acid groups (broad SMARTS) is 1. The molecule has 0 saturated carbocycles. The Bertz CT molecular complexity index is 1170. The van der Waals surface area contributed by atoms with Crippen molar-refractivity contribution < 1.29 is 77.2 Å². The standard InChI is InChI=1S/C28H44N4O16/c1-9-43-18(15(34)11-33)19-17(30-24(39)42-8)14(10-16(48-19)20(35)36)29-23(31-25(40)46-12-44-21(37)27(2,3)4)32-26(41)47-13-45-22(38)28(5,6)7/h10,14-15,17-19,33-34H,9,11-13H2,1-8H3,(H,30,39)(H,35,36)(H2,29,31,32,40,41)/t14-,15-,17-,18?,19+/m1/s1. The maximum Gasteiger partial charge on any atom is 0.416 e. The number of amides is 3. The Labute approximate surface area is 276 Å². The molecule has 0 aliphatic carbocycles. The van der Waals surface area contributed by atoms with Crippen LogP contribution in [0.1, 0.15) is 48.5 Å². The van der Waals surface area contributed by atoms with Crippen LogP contribution in [0.3, 0.4) is 0 Å². The molecule has 0 aromatic rings. The van der Waals surface area contributed by atoms with Crippen molar-refractivity contribution >= 4 is 42.1 Å². The maximum atomic E-state index is 12.6. The molecule has 3 amide bonds. The molecule has 48 heavy (non-hydrogen) atoms. The van der Waals surface area contributed by atoms with Gasteiger partial charge in [0.05, 0.1) is 36.6 Å². The van der Waals surface area contributed by atoms with Crippen LogP contribution >= 0.6 is 0 Å². The number of aliphatic imine (C=N–C) groups is 1. The van der Waals surface area contributed by atoms with Gasteiger partial charge in [-0.25, -0.2) is 24.2 Å². The summed E-state index contributed by atoms with van der Waals surface area (Å²) in [6.45, 7) is 8.26. The Balaban J connectivity index is 3.54. The third-order valence-electron chi connectivity index (χ3n) is 5.94. The second-order valence-corrected chi connectivity index (χ2v) is 11.9. The number of aliphatic hydroxyl groups is 2. The van der Waals surface area contributed by atoms with Gasteiger partial charge in [0.2, 0.25) is 25.3 Å². The highest BCUT2D eigenvalue weighted by Crippen LogP contribution is 2.27. The topological polar surface area (TPSA) is 276 Å². The van der Waals surface area contributed by atoms with Gasteiger partial charge in [-0.1, -0.05) is 0 Å². The zero-order valence-corrected chi connectivity index (χ0v) is 27.9. The summed E-state index contributed by atoms with van der Waals surface area (Å²) >= 11 is 0. The molecule has 20 heteroatoms. The number of aliphatic carboxylic acids is 1. The van der Waals surface area contributed by atoms with Crippen molar-refractivity contribution in [2.45, 2.75) is 78.9 Å². The first-order chi connectivity index (χ1) is 22.2. The Kier molecular flexibility index (Phi) is 16.0. The number of methoxy groups -OCH3 is 1. The van der Waals surface area contributed by atoms with Gasteiger partial charge in [0, 0.05) is 6.61 Å². The number of aliphatic hydroxyl groups excluding tert-OH is 2. The van der Waals surface area contributed by atoms with Gasteiger partial charge >= 0.3 is 36.2 Å². The molecular formula is C28H44N4O16. The van der Waals surface area contributed by atoms with Crippen molar-refractivity contribution in [1.82, 2.24) is 16.0 Å². The number of hydrogen-bond acceptors (Lipinski definition) is 16. The van der Waals surface area contributed by atoms with Crippen LogP contribution in [0.25, 0.3) is 0 Å². The summed E-state index contributed by atoms with van der Waals surface area (Å²) in [6, 6.07) is -3.00. The fourth-order valence-corrected chi connectivity index (χ4v) is 3.52. The van der Waals surface area contributed by atoms with Crippen molar-refractivity contribution in [3.63, 3.8) is 0 Å². The third-order valence-corrected chi connectivity index (χ3v) is 5.94. The van der Waals surface area contributed by atoms with Crippen LogP contribution in [-0.2, 0) is 47.5 Å². The van der Waals surface area contributed by atoms with E-state index in [-0.39, 0.29) is 6.61 Å². The van der Waals surface area contributed by atoms with Crippen molar-refractivity contribution in [3.05, 3.63) is 11.8 Å².